The number of rotatable bonds is 0. The van der Waals surface area contributed by atoms with Crippen LogP contribution >= 0.6 is 0 Å². The highest BCUT2D eigenvalue weighted by Gasteiger charge is 1.98. The molecular formula is C8H7FO2. The third kappa shape index (κ3) is 1.55. The molecule has 0 amide bonds. The second-order valence-corrected chi connectivity index (χ2v) is 2.26. The first kappa shape index (κ1) is 7.72. The Morgan fingerprint density at radius 3 is 2.73 bits per heavy atom. The molecule has 0 aliphatic carbocycles. The number of aromatic hydroxyl groups is 1. The minimum atomic E-state index is -0.564. The minimum absolute atomic E-state index is 0.248. The Labute approximate surface area is 62.9 Å². The average molecular weight is 154 g/mol. The van der Waals surface area contributed by atoms with Crippen molar-refractivity contribution in [3.05, 3.63) is 39.8 Å². The molecule has 0 atom stereocenters. The van der Waals surface area contributed by atoms with Crippen LogP contribution < -0.4 is 5.43 Å². The third-order valence-electron chi connectivity index (χ3n) is 1.36. The highest BCUT2D eigenvalue weighted by atomic mass is 19.1. The van der Waals surface area contributed by atoms with E-state index in [2.05, 4.69) is 0 Å². The van der Waals surface area contributed by atoms with Crippen molar-refractivity contribution in [2.24, 2.45) is 0 Å². The molecule has 1 aromatic rings. The van der Waals surface area contributed by atoms with Gasteiger partial charge in [0, 0.05) is 0 Å². The molecule has 0 aliphatic heterocycles. The van der Waals surface area contributed by atoms with Crippen molar-refractivity contribution in [2.45, 2.75) is 6.92 Å². The lowest BCUT2D eigenvalue weighted by Crippen LogP contribution is -1.93. The van der Waals surface area contributed by atoms with Crippen molar-refractivity contribution in [3.8, 4) is 5.75 Å². The van der Waals surface area contributed by atoms with E-state index < -0.39 is 17.0 Å². The smallest absolute Gasteiger partial charge is 0.220 e. The molecule has 58 valence electrons. The van der Waals surface area contributed by atoms with Crippen molar-refractivity contribution >= 4 is 0 Å². The Kier molecular flexibility index (Phi) is 1.89. The van der Waals surface area contributed by atoms with Gasteiger partial charge in [-0.1, -0.05) is 0 Å². The molecule has 1 aromatic carbocycles. The van der Waals surface area contributed by atoms with E-state index in [0.717, 1.165) is 18.2 Å². The maximum Gasteiger partial charge on any atom is 0.220 e. The lowest BCUT2D eigenvalue weighted by atomic mass is 10.3. The van der Waals surface area contributed by atoms with Crippen LogP contribution in [0.2, 0.25) is 0 Å². The molecule has 1 N–H and O–H groups in total. The van der Waals surface area contributed by atoms with Gasteiger partial charge in [-0.25, -0.2) is 4.39 Å². The summed E-state index contributed by atoms with van der Waals surface area (Å²) in [6, 6.07) is 3.13. The van der Waals surface area contributed by atoms with Crippen molar-refractivity contribution in [1.82, 2.24) is 0 Å². The fraction of sp³-hybridized carbons (Fsp3) is 0.125. The van der Waals surface area contributed by atoms with Crippen LogP contribution in [0.15, 0.2) is 23.0 Å². The number of halogens is 1. The summed E-state index contributed by atoms with van der Waals surface area (Å²) in [4.78, 5) is 10.8. The molecule has 0 aliphatic rings. The SMILES string of the molecule is Cc1cc(F)ccc(=O)c1O. The van der Waals surface area contributed by atoms with Gasteiger partial charge in [0.05, 0.1) is 0 Å². The molecule has 0 fully saturated rings. The highest BCUT2D eigenvalue weighted by Crippen LogP contribution is 2.08. The zero-order chi connectivity index (χ0) is 8.43. The van der Waals surface area contributed by atoms with Crippen LogP contribution in [-0.4, -0.2) is 5.11 Å². The molecular weight excluding hydrogens is 147 g/mol. The Hall–Kier alpha value is -1.38. The monoisotopic (exact) mass is 154 g/mol. The molecule has 1 rings (SSSR count). The molecule has 11 heavy (non-hydrogen) atoms. The number of hydrogen-bond donors (Lipinski definition) is 1. The minimum Gasteiger partial charge on any atom is -0.504 e. The van der Waals surface area contributed by atoms with Gasteiger partial charge < -0.3 is 5.11 Å². The quantitative estimate of drug-likeness (QED) is 0.609. The predicted octanol–water partition coefficient (Wildman–Crippen LogP) is 1.20. The van der Waals surface area contributed by atoms with E-state index in [0.29, 0.717) is 0 Å². The Morgan fingerprint density at radius 2 is 2.09 bits per heavy atom. The van der Waals surface area contributed by atoms with Gasteiger partial charge in [-0.15, -0.1) is 0 Å². The van der Waals surface area contributed by atoms with E-state index in [1.165, 1.54) is 6.92 Å². The highest BCUT2D eigenvalue weighted by molar-refractivity contribution is 5.29. The van der Waals surface area contributed by atoms with Crippen LogP contribution in [0, 0.1) is 12.7 Å². The van der Waals surface area contributed by atoms with Crippen LogP contribution in [0.4, 0.5) is 4.39 Å². The van der Waals surface area contributed by atoms with Gasteiger partial charge in [0.15, 0.2) is 5.75 Å². The zero-order valence-corrected chi connectivity index (χ0v) is 5.97. The Bertz CT molecular complexity index is 333. The fourth-order valence-electron chi connectivity index (χ4n) is 0.752. The molecule has 0 saturated heterocycles. The molecule has 3 heteroatoms. The lowest BCUT2D eigenvalue weighted by Gasteiger charge is -1.86. The van der Waals surface area contributed by atoms with E-state index in [1.807, 2.05) is 0 Å². The van der Waals surface area contributed by atoms with E-state index in [-0.39, 0.29) is 5.56 Å². The average Bonchev–Trinajstić information content (AvgIpc) is 2.05. The van der Waals surface area contributed by atoms with E-state index in [4.69, 9.17) is 5.11 Å². The molecule has 0 heterocycles. The van der Waals surface area contributed by atoms with Crippen LogP contribution in [0.1, 0.15) is 5.56 Å². The molecule has 0 radical (unpaired) electrons. The first-order chi connectivity index (χ1) is 5.11. The van der Waals surface area contributed by atoms with Crippen molar-refractivity contribution in [1.29, 1.82) is 0 Å². The van der Waals surface area contributed by atoms with Gasteiger partial charge in [-0.05, 0) is 30.7 Å². The van der Waals surface area contributed by atoms with E-state index in [1.54, 1.807) is 0 Å². The first-order valence-corrected chi connectivity index (χ1v) is 3.10. The largest absolute Gasteiger partial charge is 0.504 e. The zero-order valence-electron chi connectivity index (χ0n) is 5.97. The lowest BCUT2D eigenvalue weighted by molar-refractivity contribution is 0.466. The summed E-state index contributed by atoms with van der Waals surface area (Å²) in [6.45, 7) is 1.47. The van der Waals surface area contributed by atoms with Crippen molar-refractivity contribution in [2.75, 3.05) is 0 Å². The second-order valence-electron chi connectivity index (χ2n) is 2.26. The summed E-state index contributed by atoms with van der Waals surface area (Å²) in [5, 5.41) is 9.01. The summed E-state index contributed by atoms with van der Waals surface area (Å²) in [5.74, 6) is -0.922. The summed E-state index contributed by atoms with van der Waals surface area (Å²) in [6.07, 6.45) is 0. The van der Waals surface area contributed by atoms with Crippen LogP contribution in [0.5, 0.6) is 5.75 Å². The maximum atomic E-state index is 12.5. The second kappa shape index (κ2) is 2.70. The van der Waals surface area contributed by atoms with Gasteiger partial charge in [0.25, 0.3) is 0 Å². The molecule has 0 unspecified atom stereocenters. The van der Waals surface area contributed by atoms with Crippen LogP contribution in [-0.2, 0) is 0 Å². The fourth-order valence-corrected chi connectivity index (χ4v) is 0.752. The Balaban J connectivity index is 3.56. The normalized spacial score (nSPS) is 9.64. The summed E-state index contributed by atoms with van der Waals surface area (Å²) in [7, 11) is 0. The number of aryl methyl sites for hydroxylation is 1. The van der Waals surface area contributed by atoms with E-state index in [9.17, 15) is 9.18 Å². The van der Waals surface area contributed by atoms with Crippen LogP contribution in [0.3, 0.4) is 0 Å². The predicted molar refractivity (Wildman–Crippen MR) is 39.1 cm³/mol. The van der Waals surface area contributed by atoms with Gasteiger partial charge in [-0.2, -0.15) is 0 Å². The van der Waals surface area contributed by atoms with Crippen LogP contribution in [0.25, 0.3) is 0 Å². The molecule has 0 spiro atoms. The maximum absolute atomic E-state index is 12.5. The summed E-state index contributed by atoms with van der Waals surface area (Å²) < 4.78 is 12.5. The third-order valence-corrected chi connectivity index (χ3v) is 1.36. The van der Waals surface area contributed by atoms with Gasteiger partial charge in [-0.3, -0.25) is 4.79 Å². The summed E-state index contributed by atoms with van der Waals surface area (Å²) >= 11 is 0. The topological polar surface area (TPSA) is 37.3 Å². The van der Waals surface area contributed by atoms with E-state index >= 15 is 0 Å². The first-order valence-electron chi connectivity index (χ1n) is 3.10. The molecule has 2 nitrogen and oxygen atoms in total. The summed E-state index contributed by atoms with van der Waals surface area (Å²) in [5.41, 5.74) is -0.316. The van der Waals surface area contributed by atoms with Crippen molar-refractivity contribution in [3.63, 3.8) is 0 Å². The standard InChI is InChI=1S/C8H7FO2/c1-5-4-6(9)2-3-7(10)8(5)11/h2-4H,1H3,(H,10,11). The van der Waals surface area contributed by atoms with Crippen molar-refractivity contribution < 1.29 is 9.50 Å². The molecule has 0 aromatic heterocycles. The van der Waals surface area contributed by atoms with Gasteiger partial charge >= 0.3 is 0 Å². The Morgan fingerprint density at radius 1 is 1.45 bits per heavy atom. The number of hydrogen-bond acceptors (Lipinski definition) is 2. The molecule has 0 bridgehead atoms. The van der Waals surface area contributed by atoms with Gasteiger partial charge in [0.2, 0.25) is 5.43 Å². The molecule has 0 saturated carbocycles. The van der Waals surface area contributed by atoms with Gasteiger partial charge in [0.1, 0.15) is 5.82 Å².